The van der Waals surface area contributed by atoms with E-state index in [0.29, 0.717) is 19.0 Å². The van der Waals surface area contributed by atoms with E-state index < -0.39 is 0 Å². The lowest BCUT2D eigenvalue weighted by Gasteiger charge is -2.28. The predicted molar refractivity (Wildman–Crippen MR) is 79.9 cm³/mol. The van der Waals surface area contributed by atoms with Crippen LogP contribution in [0.5, 0.6) is 0 Å². The molecule has 0 radical (unpaired) electrons. The fourth-order valence-electron chi connectivity index (χ4n) is 1.76. The number of carbonyl (C=O) groups is 1. The van der Waals surface area contributed by atoms with E-state index in [0.717, 1.165) is 5.56 Å². The Labute approximate surface area is 116 Å². The largest absolute Gasteiger partial charge is 0.355 e. The smallest absolute Gasteiger partial charge is 0.228 e. The van der Waals surface area contributed by atoms with Gasteiger partial charge in [-0.05, 0) is 16.9 Å². The number of rotatable bonds is 5. The van der Waals surface area contributed by atoms with Crippen LogP contribution in [0, 0.1) is 11.3 Å². The molecule has 0 bridgehead atoms. The summed E-state index contributed by atoms with van der Waals surface area (Å²) in [4.78, 5) is 12.2. The van der Waals surface area contributed by atoms with Gasteiger partial charge in [0, 0.05) is 13.1 Å². The average Bonchev–Trinajstić information content (AvgIpc) is 2.37. The SMILES string of the molecule is CC(CNC(=O)C(CN)c1ccccc1)C(C)(C)C. The van der Waals surface area contributed by atoms with Crippen LogP contribution in [-0.4, -0.2) is 19.0 Å². The lowest BCUT2D eigenvalue weighted by atomic mass is 9.82. The van der Waals surface area contributed by atoms with E-state index in [1.54, 1.807) is 0 Å². The maximum Gasteiger partial charge on any atom is 0.228 e. The number of benzene rings is 1. The molecule has 3 heteroatoms. The van der Waals surface area contributed by atoms with Crippen LogP contribution in [0.1, 0.15) is 39.2 Å². The highest BCUT2D eigenvalue weighted by Gasteiger charge is 2.23. The molecule has 2 unspecified atom stereocenters. The molecule has 1 amide bonds. The fraction of sp³-hybridized carbons (Fsp3) is 0.562. The van der Waals surface area contributed by atoms with Gasteiger partial charge in [0.05, 0.1) is 5.92 Å². The second-order valence-corrected chi connectivity index (χ2v) is 6.21. The van der Waals surface area contributed by atoms with Crippen LogP contribution in [0.3, 0.4) is 0 Å². The summed E-state index contributed by atoms with van der Waals surface area (Å²) >= 11 is 0. The fourth-order valence-corrected chi connectivity index (χ4v) is 1.76. The van der Waals surface area contributed by atoms with Gasteiger partial charge in [0.25, 0.3) is 0 Å². The second-order valence-electron chi connectivity index (χ2n) is 6.21. The number of nitrogens with one attached hydrogen (secondary N) is 1. The zero-order valence-corrected chi connectivity index (χ0v) is 12.4. The molecular formula is C16H26N2O. The number of hydrogen-bond donors (Lipinski definition) is 2. The topological polar surface area (TPSA) is 55.1 Å². The normalized spacial score (nSPS) is 14.8. The predicted octanol–water partition coefficient (Wildman–Crippen LogP) is 2.53. The highest BCUT2D eigenvalue weighted by molar-refractivity contribution is 5.83. The minimum atomic E-state index is -0.256. The van der Waals surface area contributed by atoms with Crippen LogP contribution in [0.25, 0.3) is 0 Å². The molecule has 0 saturated heterocycles. The number of hydrogen-bond acceptors (Lipinski definition) is 2. The van der Waals surface area contributed by atoms with Gasteiger partial charge in [0.1, 0.15) is 0 Å². The van der Waals surface area contributed by atoms with E-state index in [1.807, 2.05) is 30.3 Å². The van der Waals surface area contributed by atoms with Crippen molar-refractivity contribution in [3.63, 3.8) is 0 Å². The first-order valence-corrected chi connectivity index (χ1v) is 6.89. The average molecular weight is 262 g/mol. The van der Waals surface area contributed by atoms with Crippen molar-refractivity contribution in [2.45, 2.75) is 33.6 Å². The Morgan fingerprint density at radius 2 is 1.84 bits per heavy atom. The molecule has 3 N–H and O–H groups in total. The molecule has 0 fully saturated rings. The van der Waals surface area contributed by atoms with E-state index in [9.17, 15) is 4.79 Å². The van der Waals surface area contributed by atoms with Crippen molar-refractivity contribution in [3.05, 3.63) is 35.9 Å². The van der Waals surface area contributed by atoms with Crippen molar-refractivity contribution in [2.75, 3.05) is 13.1 Å². The molecule has 1 aromatic carbocycles. The molecular weight excluding hydrogens is 236 g/mol. The summed E-state index contributed by atoms with van der Waals surface area (Å²) in [5.41, 5.74) is 6.91. The van der Waals surface area contributed by atoms with Crippen LogP contribution >= 0.6 is 0 Å². The highest BCUT2D eigenvalue weighted by atomic mass is 16.1. The van der Waals surface area contributed by atoms with Crippen LogP contribution in [0.15, 0.2) is 30.3 Å². The zero-order chi connectivity index (χ0) is 14.5. The Kier molecular flexibility index (Phi) is 5.55. The zero-order valence-electron chi connectivity index (χ0n) is 12.4. The molecule has 0 aromatic heterocycles. The van der Waals surface area contributed by atoms with Crippen LogP contribution < -0.4 is 11.1 Å². The third-order valence-corrected chi connectivity index (χ3v) is 3.82. The molecule has 0 saturated carbocycles. The molecule has 2 atom stereocenters. The Balaban J connectivity index is 2.61. The minimum Gasteiger partial charge on any atom is -0.355 e. The van der Waals surface area contributed by atoms with Gasteiger partial charge in [-0.15, -0.1) is 0 Å². The van der Waals surface area contributed by atoms with E-state index >= 15 is 0 Å². The molecule has 0 heterocycles. The molecule has 0 aliphatic heterocycles. The quantitative estimate of drug-likeness (QED) is 0.856. The van der Waals surface area contributed by atoms with Gasteiger partial charge in [-0.3, -0.25) is 4.79 Å². The summed E-state index contributed by atoms with van der Waals surface area (Å²) in [6.45, 7) is 9.72. The number of carbonyl (C=O) groups excluding carboxylic acids is 1. The van der Waals surface area contributed by atoms with Gasteiger partial charge in [-0.2, -0.15) is 0 Å². The third-order valence-electron chi connectivity index (χ3n) is 3.82. The van der Waals surface area contributed by atoms with Crippen LogP contribution in [0.2, 0.25) is 0 Å². The first-order valence-electron chi connectivity index (χ1n) is 6.89. The summed E-state index contributed by atoms with van der Waals surface area (Å²) in [7, 11) is 0. The molecule has 0 spiro atoms. The number of nitrogens with two attached hydrogens (primary N) is 1. The first kappa shape index (κ1) is 15.7. The summed E-state index contributed by atoms with van der Waals surface area (Å²) in [6, 6.07) is 9.71. The highest BCUT2D eigenvalue weighted by Crippen LogP contribution is 2.24. The van der Waals surface area contributed by atoms with Gasteiger partial charge in [-0.1, -0.05) is 58.0 Å². The summed E-state index contributed by atoms with van der Waals surface area (Å²) in [6.07, 6.45) is 0. The summed E-state index contributed by atoms with van der Waals surface area (Å²) in [5.74, 6) is 0.184. The maximum atomic E-state index is 12.2. The lowest BCUT2D eigenvalue weighted by molar-refractivity contribution is -0.122. The molecule has 1 rings (SSSR count). The van der Waals surface area contributed by atoms with Crippen molar-refractivity contribution in [2.24, 2.45) is 17.1 Å². The van der Waals surface area contributed by atoms with Gasteiger partial charge >= 0.3 is 0 Å². The molecule has 0 aliphatic rings. The van der Waals surface area contributed by atoms with Crippen molar-refractivity contribution in [3.8, 4) is 0 Å². The Bertz CT molecular complexity index is 395. The molecule has 106 valence electrons. The number of amides is 1. The molecule has 1 aromatic rings. The maximum absolute atomic E-state index is 12.2. The second kappa shape index (κ2) is 6.71. The van der Waals surface area contributed by atoms with E-state index in [1.165, 1.54) is 0 Å². The Morgan fingerprint density at radius 1 is 1.26 bits per heavy atom. The van der Waals surface area contributed by atoms with Crippen molar-refractivity contribution in [1.29, 1.82) is 0 Å². The molecule has 19 heavy (non-hydrogen) atoms. The van der Waals surface area contributed by atoms with E-state index in [-0.39, 0.29) is 17.2 Å². The van der Waals surface area contributed by atoms with Gasteiger partial charge in [0.15, 0.2) is 0 Å². The summed E-state index contributed by atoms with van der Waals surface area (Å²) in [5, 5.41) is 3.02. The van der Waals surface area contributed by atoms with Crippen LogP contribution in [0.4, 0.5) is 0 Å². The van der Waals surface area contributed by atoms with Gasteiger partial charge in [-0.25, -0.2) is 0 Å². The van der Waals surface area contributed by atoms with Crippen molar-refractivity contribution < 1.29 is 4.79 Å². The third kappa shape index (κ3) is 4.67. The summed E-state index contributed by atoms with van der Waals surface area (Å²) < 4.78 is 0. The van der Waals surface area contributed by atoms with Crippen molar-refractivity contribution in [1.82, 2.24) is 5.32 Å². The molecule has 0 aliphatic carbocycles. The van der Waals surface area contributed by atoms with Crippen molar-refractivity contribution >= 4 is 5.91 Å². The minimum absolute atomic E-state index is 0.0183. The van der Waals surface area contributed by atoms with Gasteiger partial charge in [0.2, 0.25) is 5.91 Å². The standard InChI is InChI=1S/C16H26N2O/c1-12(16(2,3)4)11-18-15(19)14(10-17)13-8-6-5-7-9-13/h5-9,12,14H,10-11,17H2,1-4H3,(H,18,19). The first-order chi connectivity index (χ1) is 8.86. The Hall–Kier alpha value is -1.35. The monoisotopic (exact) mass is 262 g/mol. The molecule has 3 nitrogen and oxygen atoms in total. The van der Waals surface area contributed by atoms with E-state index in [2.05, 4.69) is 33.0 Å². The van der Waals surface area contributed by atoms with Crippen LogP contribution in [-0.2, 0) is 4.79 Å². The van der Waals surface area contributed by atoms with E-state index in [4.69, 9.17) is 5.73 Å². The lowest BCUT2D eigenvalue weighted by Crippen LogP contribution is -2.38. The van der Waals surface area contributed by atoms with Gasteiger partial charge < -0.3 is 11.1 Å². The Morgan fingerprint density at radius 3 is 2.32 bits per heavy atom.